The Bertz CT molecular complexity index is 109. The summed E-state index contributed by atoms with van der Waals surface area (Å²) < 4.78 is 0. The van der Waals surface area contributed by atoms with E-state index in [0.29, 0.717) is 0 Å². The molecular formula is C4H6N3. The standard InChI is InChI=1S/C4H6N3/c1-4(2)5-3-6-7-4/h1-2H3. The molecule has 1 radical (unpaired) electrons. The number of azo groups is 1. The third-order valence-electron chi connectivity index (χ3n) is 0.663. The molecule has 1 aliphatic rings. The van der Waals surface area contributed by atoms with Gasteiger partial charge in [-0.2, -0.15) is 5.11 Å². The molecule has 0 aromatic heterocycles. The fraction of sp³-hybridized carbons (Fsp3) is 0.750. The molecule has 0 aromatic carbocycles. The van der Waals surface area contributed by atoms with Crippen LogP contribution >= 0.6 is 0 Å². The van der Waals surface area contributed by atoms with Crippen molar-refractivity contribution in [1.82, 2.24) is 0 Å². The Labute approximate surface area is 42.2 Å². The summed E-state index contributed by atoms with van der Waals surface area (Å²) in [5.74, 6) is 0. The van der Waals surface area contributed by atoms with Crippen LogP contribution in [-0.4, -0.2) is 12.0 Å². The van der Waals surface area contributed by atoms with Crippen LogP contribution in [0.3, 0.4) is 0 Å². The summed E-state index contributed by atoms with van der Waals surface area (Å²) in [4.78, 5) is 3.78. The molecule has 7 heavy (non-hydrogen) atoms. The molecule has 0 saturated carbocycles. The van der Waals surface area contributed by atoms with Gasteiger partial charge in [0.1, 0.15) is 0 Å². The molecule has 0 saturated heterocycles. The van der Waals surface area contributed by atoms with Gasteiger partial charge in [0, 0.05) is 0 Å². The second-order valence-electron chi connectivity index (χ2n) is 1.91. The van der Waals surface area contributed by atoms with Crippen LogP contribution in [0.4, 0.5) is 0 Å². The fourth-order valence-corrected chi connectivity index (χ4v) is 0.312. The molecule has 0 bridgehead atoms. The Morgan fingerprint density at radius 3 is 2.29 bits per heavy atom. The van der Waals surface area contributed by atoms with E-state index in [1.165, 1.54) is 0 Å². The molecule has 37 valence electrons. The van der Waals surface area contributed by atoms with Crippen molar-refractivity contribution in [2.75, 3.05) is 0 Å². The summed E-state index contributed by atoms with van der Waals surface area (Å²) in [6, 6.07) is 0. The topological polar surface area (TPSA) is 37.1 Å². The fourth-order valence-electron chi connectivity index (χ4n) is 0.312. The van der Waals surface area contributed by atoms with Crippen molar-refractivity contribution in [3.63, 3.8) is 0 Å². The summed E-state index contributed by atoms with van der Waals surface area (Å²) in [5, 5.41) is 7.16. The minimum atomic E-state index is -0.333. The van der Waals surface area contributed by atoms with Crippen molar-refractivity contribution >= 4 is 6.34 Å². The minimum absolute atomic E-state index is 0.333. The average Bonchev–Trinajstić information content (AvgIpc) is 1.84. The lowest BCUT2D eigenvalue weighted by molar-refractivity contribution is 0.551. The smallest absolute Gasteiger partial charge is 0.218 e. The lowest BCUT2D eigenvalue weighted by atomic mass is 10.3. The van der Waals surface area contributed by atoms with Crippen molar-refractivity contribution in [2.24, 2.45) is 15.2 Å². The summed E-state index contributed by atoms with van der Waals surface area (Å²) in [6.45, 7) is 3.74. The number of hydrogen-bond acceptors (Lipinski definition) is 3. The molecule has 0 aromatic rings. The second kappa shape index (κ2) is 1.12. The maximum Gasteiger partial charge on any atom is 0.218 e. The van der Waals surface area contributed by atoms with E-state index in [2.05, 4.69) is 21.6 Å². The van der Waals surface area contributed by atoms with Crippen LogP contribution in [-0.2, 0) is 0 Å². The predicted molar refractivity (Wildman–Crippen MR) is 26.4 cm³/mol. The van der Waals surface area contributed by atoms with E-state index < -0.39 is 0 Å². The van der Waals surface area contributed by atoms with Crippen molar-refractivity contribution in [1.29, 1.82) is 0 Å². The van der Waals surface area contributed by atoms with Gasteiger partial charge in [-0.15, -0.1) is 5.11 Å². The average molecular weight is 96.1 g/mol. The Morgan fingerprint density at radius 2 is 2.14 bits per heavy atom. The Kier molecular flexibility index (Phi) is 0.708. The molecule has 0 fully saturated rings. The molecule has 0 aliphatic carbocycles. The van der Waals surface area contributed by atoms with Gasteiger partial charge in [0.05, 0.1) is 0 Å². The summed E-state index contributed by atoms with van der Waals surface area (Å²) in [6.07, 6.45) is 2.40. The number of nitrogens with zero attached hydrogens (tertiary/aromatic N) is 3. The van der Waals surface area contributed by atoms with Gasteiger partial charge in [-0.1, -0.05) is 0 Å². The molecule has 3 heteroatoms. The van der Waals surface area contributed by atoms with Gasteiger partial charge in [-0.3, -0.25) is 0 Å². The zero-order chi connectivity index (χ0) is 5.33. The second-order valence-corrected chi connectivity index (χ2v) is 1.91. The monoisotopic (exact) mass is 96.1 g/mol. The van der Waals surface area contributed by atoms with Gasteiger partial charge < -0.3 is 0 Å². The highest BCUT2D eigenvalue weighted by Crippen LogP contribution is 2.13. The number of aliphatic imine (C=N–C) groups is 1. The van der Waals surface area contributed by atoms with Crippen LogP contribution in [0.15, 0.2) is 15.2 Å². The first-order valence-corrected chi connectivity index (χ1v) is 2.09. The van der Waals surface area contributed by atoms with E-state index in [0.717, 1.165) is 0 Å². The van der Waals surface area contributed by atoms with Crippen molar-refractivity contribution in [2.45, 2.75) is 19.5 Å². The van der Waals surface area contributed by atoms with Crippen LogP contribution in [0.2, 0.25) is 0 Å². The third kappa shape index (κ3) is 0.824. The van der Waals surface area contributed by atoms with Gasteiger partial charge in [0.2, 0.25) is 6.34 Å². The third-order valence-corrected chi connectivity index (χ3v) is 0.663. The van der Waals surface area contributed by atoms with Crippen LogP contribution in [0.1, 0.15) is 13.8 Å². The highest BCUT2D eigenvalue weighted by Gasteiger charge is 2.15. The maximum atomic E-state index is 3.78. The first-order chi connectivity index (χ1) is 3.21. The molecule has 0 N–H and O–H groups in total. The molecule has 1 heterocycles. The number of hydrogen-bond donors (Lipinski definition) is 0. The lowest BCUT2D eigenvalue weighted by Crippen LogP contribution is -2.07. The van der Waals surface area contributed by atoms with Crippen molar-refractivity contribution < 1.29 is 0 Å². The maximum absolute atomic E-state index is 3.78. The molecule has 0 unspecified atom stereocenters. The zero-order valence-electron chi connectivity index (χ0n) is 4.34. The first kappa shape index (κ1) is 4.43. The van der Waals surface area contributed by atoms with Gasteiger partial charge in [-0.25, -0.2) is 4.99 Å². The van der Waals surface area contributed by atoms with Crippen LogP contribution in [0.5, 0.6) is 0 Å². The SMILES string of the molecule is CC1(C)N=[C]N=N1. The molecule has 1 rings (SSSR count). The Balaban J connectivity index is 2.77. The molecule has 3 nitrogen and oxygen atoms in total. The highest BCUT2D eigenvalue weighted by molar-refractivity contribution is 5.56. The largest absolute Gasteiger partial charge is 0.230 e. The van der Waals surface area contributed by atoms with Gasteiger partial charge >= 0.3 is 0 Å². The minimum Gasteiger partial charge on any atom is -0.230 e. The quantitative estimate of drug-likeness (QED) is 0.433. The molecule has 0 atom stereocenters. The molecule has 0 amide bonds. The predicted octanol–water partition coefficient (Wildman–Crippen LogP) is 1.09. The molecule has 0 spiro atoms. The summed E-state index contributed by atoms with van der Waals surface area (Å²) in [5.41, 5.74) is -0.333. The summed E-state index contributed by atoms with van der Waals surface area (Å²) >= 11 is 0. The highest BCUT2D eigenvalue weighted by atomic mass is 15.3. The Morgan fingerprint density at radius 1 is 1.43 bits per heavy atom. The summed E-state index contributed by atoms with van der Waals surface area (Å²) in [7, 11) is 0. The van der Waals surface area contributed by atoms with Crippen molar-refractivity contribution in [3.8, 4) is 0 Å². The Hall–Kier alpha value is -0.730. The van der Waals surface area contributed by atoms with Crippen molar-refractivity contribution in [3.05, 3.63) is 0 Å². The van der Waals surface area contributed by atoms with E-state index in [9.17, 15) is 0 Å². The van der Waals surface area contributed by atoms with Gasteiger partial charge in [0.25, 0.3) is 0 Å². The van der Waals surface area contributed by atoms with Gasteiger partial charge in [-0.05, 0) is 13.8 Å². The van der Waals surface area contributed by atoms with E-state index in [1.807, 2.05) is 13.8 Å². The van der Waals surface area contributed by atoms with Crippen LogP contribution in [0.25, 0.3) is 0 Å². The first-order valence-electron chi connectivity index (χ1n) is 2.09. The lowest BCUT2D eigenvalue weighted by Gasteiger charge is -2.03. The van der Waals surface area contributed by atoms with Crippen LogP contribution < -0.4 is 0 Å². The molecule has 1 aliphatic heterocycles. The zero-order valence-corrected chi connectivity index (χ0v) is 4.34. The number of rotatable bonds is 0. The van der Waals surface area contributed by atoms with E-state index >= 15 is 0 Å². The van der Waals surface area contributed by atoms with E-state index in [4.69, 9.17) is 0 Å². The van der Waals surface area contributed by atoms with Crippen LogP contribution in [0, 0.1) is 0 Å². The van der Waals surface area contributed by atoms with Gasteiger partial charge in [0.15, 0.2) is 5.66 Å². The van der Waals surface area contributed by atoms with E-state index in [1.54, 1.807) is 0 Å². The molecular weight excluding hydrogens is 90.1 g/mol. The normalized spacial score (nSPS) is 23.7. The van der Waals surface area contributed by atoms with E-state index in [-0.39, 0.29) is 5.66 Å².